The van der Waals surface area contributed by atoms with Gasteiger partial charge in [-0.2, -0.15) is 0 Å². The molecule has 3 heteroatoms. The van der Waals surface area contributed by atoms with E-state index in [4.69, 9.17) is 4.74 Å². The van der Waals surface area contributed by atoms with Crippen molar-refractivity contribution in [2.75, 3.05) is 6.54 Å². The molecular formula is C12H21NO2. The van der Waals surface area contributed by atoms with Gasteiger partial charge in [-0.25, -0.2) is 4.79 Å². The summed E-state index contributed by atoms with van der Waals surface area (Å²) in [6.45, 7) is 9.49. The minimum atomic E-state index is -0.294. The second-order valence-electron chi connectivity index (χ2n) is 5.81. The zero-order valence-corrected chi connectivity index (χ0v) is 10.2. The van der Waals surface area contributed by atoms with E-state index >= 15 is 0 Å². The topological polar surface area (TPSA) is 29.5 Å². The van der Waals surface area contributed by atoms with Crippen LogP contribution in [0.2, 0.25) is 0 Å². The number of cyclic esters (lactones) is 1. The van der Waals surface area contributed by atoms with Crippen LogP contribution >= 0.6 is 0 Å². The highest BCUT2D eigenvalue weighted by Gasteiger charge is 2.58. The van der Waals surface area contributed by atoms with Crippen LogP contribution in [0.5, 0.6) is 0 Å². The second kappa shape index (κ2) is 3.21. The van der Waals surface area contributed by atoms with Crippen molar-refractivity contribution in [2.24, 2.45) is 5.41 Å². The first-order chi connectivity index (χ1) is 6.92. The molecule has 3 nitrogen and oxygen atoms in total. The Balaban J connectivity index is 2.32. The average Bonchev–Trinajstić information content (AvgIpc) is 2.64. The van der Waals surface area contributed by atoms with Gasteiger partial charge in [-0.3, -0.25) is 4.90 Å². The molecule has 2 heterocycles. The number of esters is 1. The first kappa shape index (κ1) is 10.9. The van der Waals surface area contributed by atoms with E-state index in [9.17, 15) is 4.79 Å². The van der Waals surface area contributed by atoms with Gasteiger partial charge in [-0.15, -0.1) is 0 Å². The summed E-state index contributed by atoms with van der Waals surface area (Å²) in [7, 11) is 0. The molecule has 0 aliphatic carbocycles. The number of nitrogens with zero attached hydrogens (tertiary/aromatic N) is 1. The van der Waals surface area contributed by atoms with Crippen LogP contribution in [0.15, 0.2) is 0 Å². The van der Waals surface area contributed by atoms with Gasteiger partial charge in [0.15, 0.2) is 6.23 Å². The second-order valence-corrected chi connectivity index (χ2v) is 5.81. The Morgan fingerprint density at radius 2 is 2.20 bits per heavy atom. The summed E-state index contributed by atoms with van der Waals surface area (Å²) in [5.41, 5.74) is -0.283. The maximum Gasteiger partial charge on any atom is 0.328 e. The molecule has 0 spiro atoms. The highest BCUT2D eigenvalue weighted by molar-refractivity contribution is 5.83. The van der Waals surface area contributed by atoms with Crippen molar-refractivity contribution in [3.63, 3.8) is 0 Å². The predicted molar refractivity (Wildman–Crippen MR) is 58.3 cm³/mol. The lowest BCUT2D eigenvalue weighted by atomic mass is 9.90. The molecule has 2 saturated heterocycles. The Kier molecular flexibility index (Phi) is 2.34. The number of hydrogen-bond donors (Lipinski definition) is 0. The Labute approximate surface area is 91.8 Å². The lowest BCUT2D eigenvalue weighted by Gasteiger charge is -2.34. The highest BCUT2D eigenvalue weighted by Crippen LogP contribution is 2.45. The van der Waals surface area contributed by atoms with Gasteiger partial charge < -0.3 is 4.74 Å². The van der Waals surface area contributed by atoms with Gasteiger partial charge in [0.05, 0.1) is 0 Å². The van der Waals surface area contributed by atoms with E-state index in [0.29, 0.717) is 0 Å². The largest absolute Gasteiger partial charge is 0.444 e. The van der Waals surface area contributed by atoms with Gasteiger partial charge in [0.25, 0.3) is 0 Å². The molecule has 0 radical (unpaired) electrons. The van der Waals surface area contributed by atoms with Crippen molar-refractivity contribution in [1.29, 1.82) is 0 Å². The van der Waals surface area contributed by atoms with E-state index in [1.165, 1.54) is 0 Å². The lowest BCUT2D eigenvalue weighted by molar-refractivity contribution is -0.149. The molecule has 0 unspecified atom stereocenters. The van der Waals surface area contributed by atoms with Gasteiger partial charge in [-0.1, -0.05) is 27.7 Å². The minimum absolute atomic E-state index is 0.00225. The molecule has 15 heavy (non-hydrogen) atoms. The standard InChI is InChI=1S/C12H21NO2/c1-5-12-7-6-8-13(12)9(11(2,3)4)15-10(12)14/h9H,5-8H2,1-4H3/t9-,12+/m1/s1. The Bertz CT molecular complexity index is 282. The third-order valence-electron chi connectivity index (χ3n) is 3.75. The summed E-state index contributed by atoms with van der Waals surface area (Å²) < 4.78 is 5.57. The zero-order valence-electron chi connectivity index (χ0n) is 10.2. The number of ether oxygens (including phenoxy) is 1. The van der Waals surface area contributed by atoms with Gasteiger partial charge in [0, 0.05) is 12.0 Å². The summed E-state index contributed by atoms with van der Waals surface area (Å²) in [6, 6.07) is 0. The molecule has 2 aliphatic rings. The van der Waals surface area contributed by atoms with Crippen molar-refractivity contribution in [3.8, 4) is 0 Å². The fourth-order valence-corrected chi connectivity index (χ4v) is 2.90. The van der Waals surface area contributed by atoms with E-state index in [1.807, 2.05) is 0 Å². The molecule has 0 saturated carbocycles. The van der Waals surface area contributed by atoms with Gasteiger partial charge in [0.1, 0.15) is 5.54 Å². The lowest BCUT2D eigenvalue weighted by Crippen LogP contribution is -2.48. The van der Waals surface area contributed by atoms with Crippen molar-refractivity contribution in [1.82, 2.24) is 4.90 Å². The summed E-state index contributed by atoms with van der Waals surface area (Å²) in [4.78, 5) is 14.3. The smallest absolute Gasteiger partial charge is 0.328 e. The molecule has 0 aromatic rings. The van der Waals surface area contributed by atoms with Crippen molar-refractivity contribution in [3.05, 3.63) is 0 Å². The monoisotopic (exact) mass is 211 g/mol. The fraction of sp³-hybridized carbons (Fsp3) is 0.917. The molecule has 0 aromatic heterocycles. The van der Waals surface area contributed by atoms with Gasteiger partial charge in [-0.05, 0) is 19.3 Å². The Morgan fingerprint density at radius 1 is 1.53 bits per heavy atom. The summed E-state index contributed by atoms with van der Waals surface area (Å²) in [5.74, 6) is 0.00225. The number of hydrogen-bond acceptors (Lipinski definition) is 3. The first-order valence-corrected chi connectivity index (χ1v) is 5.89. The molecule has 2 aliphatic heterocycles. The quantitative estimate of drug-likeness (QED) is 0.622. The third-order valence-corrected chi connectivity index (χ3v) is 3.75. The normalized spacial score (nSPS) is 36.8. The summed E-state index contributed by atoms with van der Waals surface area (Å²) in [5, 5.41) is 0. The van der Waals surface area contributed by atoms with E-state index in [1.54, 1.807) is 0 Å². The molecular weight excluding hydrogens is 190 g/mol. The van der Waals surface area contributed by atoms with Crippen molar-refractivity contribution >= 4 is 5.97 Å². The van der Waals surface area contributed by atoms with E-state index in [-0.39, 0.29) is 23.2 Å². The van der Waals surface area contributed by atoms with Crippen LogP contribution in [-0.4, -0.2) is 29.2 Å². The van der Waals surface area contributed by atoms with E-state index in [2.05, 4.69) is 32.6 Å². The van der Waals surface area contributed by atoms with Crippen LogP contribution in [0.4, 0.5) is 0 Å². The molecule has 0 bridgehead atoms. The first-order valence-electron chi connectivity index (χ1n) is 5.89. The maximum atomic E-state index is 12.0. The van der Waals surface area contributed by atoms with Crippen molar-refractivity contribution in [2.45, 2.75) is 58.7 Å². The molecule has 2 rings (SSSR count). The summed E-state index contributed by atoms with van der Waals surface area (Å²) >= 11 is 0. The highest BCUT2D eigenvalue weighted by atomic mass is 16.6. The van der Waals surface area contributed by atoms with Crippen molar-refractivity contribution < 1.29 is 9.53 Å². The summed E-state index contributed by atoms with van der Waals surface area (Å²) in [6.07, 6.45) is 2.93. The zero-order chi connectivity index (χ0) is 11.3. The minimum Gasteiger partial charge on any atom is -0.444 e. The third kappa shape index (κ3) is 1.40. The molecule has 2 fully saturated rings. The molecule has 0 amide bonds. The van der Waals surface area contributed by atoms with Crippen LogP contribution in [-0.2, 0) is 9.53 Å². The molecule has 86 valence electrons. The van der Waals surface area contributed by atoms with Crippen LogP contribution in [0.3, 0.4) is 0 Å². The van der Waals surface area contributed by atoms with Crippen LogP contribution in [0, 0.1) is 5.41 Å². The Morgan fingerprint density at radius 3 is 2.73 bits per heavy atom. The number of rotatable bonds is 1. The van der Waals surface area contributed by atoms with Crippen LogP contribution < -0.4 is 0 Å². The van der Waals surface area contributed by atoms with Gasteiger partial charge in [0.2, 0.25) is 0 Å². The van der Waals surface area contributed by atoms with Crippen LogP contribution in [0.25, 0.3) is 0 Å². The van der Waals surface area contributed by atoms with E-state index < -0.39 is 0 Å². The fourth-order valence-electron chi connectivity index (χ4n) is 2.90. The van der Waals surface area contributed by atoms with Crippen LogP contribution in [0.1, 0.15) is 47.0 Å². The SMILES string of the molecule is CC[C@@]12CCCN1[C@@H](C(C)(C)C)OC2=O. The molecule has 2 atom stereocenters. The van der Waals surface area contributed by atoms with E-state index in [0.717, 1.165) is 25.8 Å². The Hall–Kier alpha value is -0.570. The molecule has 0 N–H and O–H groups in total. The molecule has 0 aromatic carbocycles. The predicted octanol–water partition coefficient (Wildman–Crippen LogP) is 2.16. The number of carbonyl (C=O) groups is 1. The average molecular weight is 211 g/mol. The number of fused-ring (bicyclic) bond motifs is 1. The number of carbonyl (C=O) groups excluding carboxylic acids is 1. The maximum absolute atomic E-state index is 12.0. The van der Waals surface area contributed by atoms with Gasteiger partial charge >= 0.3 is 5.97 Å².